The first-order chi connectivity index (χ1) is 9.40. The van der Waals surface area contributed by atoms with Crippen LogP contribution in [0.4, 0.5) is 11.4 Å². The third-order valence-electron chi connectivity index (χ3n) is 3.31. The normalized spacial score (nSPS) is 10.4. The van der Waals surface area contributed by atoms with E-state index in [1.165, 1.54) is 11.1 Å². The van der Waals surface area contributed by atoms with E-state index >= 15 is 0 Å². The molecule has 2 N–H and O–H groups in total. The van der Waals surface area contributed by atoms with Crippen molar-refractivity contribution in [2.24, 2.45) is 5.73 Å². The number of hydrogen-bond donors (Lipinski definition) is 1. The molecule has 0 radical (unpaired) electrons. The van der Waals surface area contributed by atoms with E-state index in [1.807, 2.05) is 19.2 Å². The van der Waals surface area contributed by atoms with Gasteiger partial charge in [-0.3, -0.25) is 0 Å². The zero-order valence-electron chi connectivity index (χ0n) is 11.8. The number of nitrogens with two attached hydrogens (primary N) is 1. The summed E-state index contributed by atoms with van der Waals surface area (Å²) in [6.45, 7) is 4.18. The molecule has 2 aromatic rings. The van der Waals surface area contributed by atoms with Crippen molar-refractivity contribution in [2.75, 3.05) is 11.9 Å². The van der Waals surface area contributed by atoms with Crippen LogP contribution in [0.2, 0.25) is 5.02 Å². The van der Waals surface area contributed by atoms with E-state index in [4.69, 9.17) is 29.6 Å². The van der Waals surface area contributed by atoms with Crippen LogP contribution in [0.3, 0.4) is 0 Å². The molecule has 4 heteroatoms. The molecule has 0 heterocycles. The molecule has 0 atom stereocenters. The molecule has 0 fully saturated rings. The average molecular weight is 305 g/mol. The van der Waals surface area contributed by atoms with Crippen molar-refractivity contribution in [1.29, 1.82) is 0 Å². The number of thiocarbonyl (C=S) groups is 1. The third-order valence-corrected chi connectivity index (χ3v) is 3.85. The number of halogens is 1. The van der Waals surface area contributed by atoms with Crippen LogP contribution in [-0.4, -0.2) is 12.0 Å². The smallest absolute Gasteiger partial charge is 0.104 e. The Balaban J connectivity index is 2.43. The summed E-state index contributed by atoms with van der Waals surface area (Å²) >= 11 is 11.3. The topological polar surface area (TPSA) is 29.3 Å². The number of nitrogens with zero attached hydrogens (tertiary/aromatic N) is 1. The number of hydrogen-bond acceptors (Lipinski definition) is 2. The lowest BCUT2D eigenvalue weighted by Crippen LogP contribution is -2.13. The molecule has 2 rings (SSSR count). The summed E-state index contributed by atoms with van der Waals surface area (Å²) in [5, 5.41) is 0.637. The quantitative estimate of drug-likeness (QED) is 0.854. The second kappa shape index (κ2) is 5.81. The van der Waals surface area contributed by atoms with Crippen LogP contribution in [-0.2, 0) is 0 Å². The van der Waals surface area contributed by atoms with Gasteiger partial charge in [-0.1, -0.05) is 41.5 Å². The Kier molecular flexibility index (Phi) is 4.31. The molecule has 0 bridgehead atoms. The van der Waals surface area contributed by atoms with Gasteiger partial charge in [0.2, 0.25) is 0 Å². The first-order valence-electron chi connectivity index (χ1n) is 6.30. The Morgan fingerprint density at radius 3 is 2.30 bits per heavy atom. The van der Waals surface area contributed by atoms with Gasteiger partial charge >= 0.3 is 0 Å². The van der Waals surface area contributed by atoms with Gasteiger partial charge in [-0.05, 0) is 43.7 Å². The van der Waals surface area contributed by atoms with Crippen molar-refractivity contribution in [1.82, 2.24) is 0 Å². The van der Waals surface area contributed by atoms with Gasteiger partial charge in [0.05, 0.1) is 10.7 Å². The molecule has 0 spiro atoms. The average Bonchev–Trinajstić information content (AvgIpc) is 2.37. The summed E-state index contributed by atoms with van der Waals surface area (Å²) in [7, 11) is 2.00. The summed E-state index contributed by atoms with van der Waals surface area (Å²) in [4.78, 5) is 2.42. The summed E-state index contributed by atoms with van der Waals surface area (Å²) in [5.74, 6) is 0. The number of aryl methyl sites for hydroxylation is 2. The molecule has 104 valence electrons. The van der Waals surface area contributed by atoms with E-state index in [0.717, 1.165) is 16.9 Å². The zero-order valence-corrected chi connectivity index (χ0v) is 13.3. The molecule has 20 heavy (non-hydrogen) atoms. The van der Waals surface area contributed by atoms with Crippen molar-refractivity contribution in [3.05, 3.63) is 58.1 Å². The van der Waals surface area contributed by atoms with Crippen molar-refractivity contribution in [3.8, 4) is 0 Å². The summed E-state index contributed by atoms with van der Waals surface area (Å²) in [5.41, 5.74) is 10.9. The molecule has 0 saturated carbocycles. The minimum atomic E-state index is 0.354. The van der Waals surface area contributed by atoms with Crippen LogP contribution in [0.15, 0.2) is 36.4 Å². The fourth-order valence-corrected chi connectivity index (χ4v) is 2.68. The first kappa shape index (κ1) is 14.8. The highest BCUT2D eigenvalue weighted by molar-refractivity contribution is 7.80. The second-order valence-electron chi connectivity index (χ2n) is 4.88. The highest BCUT2D eigenvalue weighted by atomic mass is 35.5. The summed E-state index contributed by atoms with van der Waals surface area (Å²) < 4.78 is 0. The SMILES string of the molecule is Cc1ccc(N(C)c2ccc(C(N)=S)cc2Cl)c(C)c1. The van der Waals surface area contributed by atoms with Gasteiger partial charge in [-0.15, -0.1) is 0 Å². The lowest BCUT2D eigenvalue weighted by molar-refractivity contribution is 1.18. The van der Waals surface area contributed by atoms with E-state index < -0.39 is 0 Å². The molecule has 0 saturated heterocycles. The monoisotopic (exact) mass is 304 g/mol. The lowest BCUT2D eigenvalue weighted by Gasteiger charge is -2.23. The molecule has 0 amide bonds. The van der Waals surface area contributed by atoms with Crippen molar-refractivity contribution in [3.63, 3.8) is 0 Å². The van der Waals surface area contributed by atoms with Crippen LogP contribution in [0.25, 0.3) is 0 Å². The highest BCUT2D eigenvalue weighted by Gasteiger charge is 2.11. The molecular formula is C16H17ClN2S. The van der Waals surface area contributed by atoms with Crippen LogP contribution < -0.4 is 10.6 Å². The number of benzene rings is 2. The Morgan fingerprint density at radius 1 is 1.10 bits per heavy atom. The van der Waals surface area contributed by atoms with Gasteiger partial charge in [0, 0.05) is 18.3 Å². The maximum absolute atomic E-state index is 6.34. The first-order valence-corrected chi connectivity index (χ1v) is 7.09. The van der Waals surface area contributed by atoms with Crippen LogP contribution >= 0.6 is 23.8 Å². The maximum Gasteiger partial charge on any atom is 0.104 e. The molecule has 2 nitrogen and oxygen atoms in total. The number of rotatable bonds is 3. The van der Waals surface area contributed by atoms with Gasteiger partial charge in [0.25, 0.3) is 0 Å². The summed E-state index contributed by atoms with van der Waals surface area (Å²) in [6, 6.07) is 12.0. The van der Waals surface area contributed by atoms with Crippen molar-refractivity contribution in [2.45, 2.75) is 13.8 Å². The maximum atomic E-state index is 6.34. The van der Waals surface area contributed by atoms with E-state index in [2.05, 4.69) is 36.9 Å². The minimum Gasteiger partial charge on any atom is -0.389 e. The third kappa shape index (κ3) is 2.94. The largest absolute Gasteiger partial charge is 0.389 e. The van der Waals surface area contributed by atoms with Gasteiger partial charge < -0.3 is 10.6 Å². The lowest BCUT2D eigenvalue weighted by atomic mass is 10.1. The molecule has 0 aliphatic rings. The molecule has 0 aromatic heterocycles. The Morgan fingerprint density at radius 2 is 1.75 bits per heavy atom. The zero-order chi connectivity index (χ0) is 14.9. The van der Waals surface area contributed by atoms with E-state index in [-0.39, 0.29) is 0 Å². The predicted molar refractivity (Wildman–Crippen MR) is 91.3 cm³/mol. The Bertz CT molecular complexity index is 668. The van der Waals surface area contributed by atoms with E-state index in [1.54, 1.807) is 6.07 Å². The van der Waals surface area contributed by atoms with Gasteiger partial charge in [-0.25, -0.2) is 0 Å². The molecule has 0 aliphatic carbocycles. The second-order valence-corrected chi connectivity index (χ2v) is 5.73. The van der Waals surface area contributed by atoms with E-state index in [0.29, 0.717) is 10.0 Å². The van der Waals surface area contributed by atoms with E-state index in [9.17, 15) is 0 Å². The predicted octanol–water partition coefficient (Wildman–Crippen LogP) is 4.36. The van der Waals surface area contributed by atoms with Crippen molar-refractivity contribution < 1.29 is 0 Å². The van der Waals surface area contributed by atoms with Crippen LogP contribution in [0.5, 0.6) is 0 Å². The molecule has 0 unspecified atom stereocenters. The standard InChI is InChI=1S/C16H17ClN2S/c1-10-4-6-14(11(2)8-10)19(3)15-7-5-12(16(18)20)9-13(15)17/h4-9H,1-3H3,(H2,18,20). The Hall–Kier alpha value is -1.58. The van der Waals surface area contributed by atoms with Crippen LogP contribution in [0.1, 0.15) is 16.7 Å². The highest BCUT2D eigenvalue weighted by Crippen LogP contribution is 2.33. The van der Waals surface area contributed by atoms with Gasteiger partial charge in [0.15, 0.2) is 0 Å². The molecular weight excluding hydrogens is 288 g/mol. The molecule has 2 aromatic carbocycles. The minimum absolute atomic E-state index is 0.354. The van der Waals surface area contributed by atoms with Crippen molar-refractivity contribution >= 4 is 40.2 Å². The van der Waals surface area contributed by atoms with Gasteiger partial charge in [-0.2, -0.15) is 0 Å². The molecule has 0 aliphatic heterocycles. The Labute approximate surface area is 130 Å². The summed E-state index contributed by atoms with van der Waals surface area (Å²) in [6.07, 6.45) is 0. The van der Waals surface area contributed by atoms with Crippen LogP contribution in [0, 0.1) is 13.8 Å². The fraction of sp³-hybridized carbons (Fsp3) is 0.188. The number of anilines is 2. The fourth-order valence-electron chi connectivity index (χ4n) is 2.24. The van der Waals surface area contributed by atoms with Gasteiger partial charge in [0.1, 0.15) is 4.99 Å².